The number of likely N-dealkylation sites (tertiary alicyclic amines) is 1. The van der Waals surface area contributed by atoms with E-state index in [4.69, 9.17) is 5.73 Å². The van der Waals surface area contributed by atoms with E-state index in [-0.39, 0.29) is 25.0 Å². The van der Waals surface area contributed by atoms with Gasteiger partial charge in [-0.3, -0.25) is 4.79 Å². The van der Waals surface area contributed by atoms with Gasteiger partial charge in [-0.1, -0.05) is 0 Å². The van der Waals surface area contributed by atoms with Gasteiger partial charge in [0.2, 0.25) is 5.91 Å². The Bertz CT molecular complexity index is 214. The number of alkyl halides is 2. The maximum atomic E-state index is 11.7. The number of ether oxygens (including phenoxy) is 1. The van der Waals surface area contributed by atoms with E-state index in [1.165, 1.54) is 0 Å². The molecule has 1 aliphatic rings. The van der Waals surface area contributed by atoms with Gasteiger partial charge in [-0.2, -0.15) is 0 Å². The molecule has 1 fully saturated rings. The van der Waals surface area contributed by atoms with Crippen LogP contribution in [0.2, 0.25) is 0 Å². The van der Waals surface area contributed by atoms with Crippen molar-refractivity contribution in [1.29, 1.82) is 0 Å². The molecule has 1 heterocycles. The molecule has 88 valence electrons. The molecule has 4 nitrogen and oxygen atoms in total. The largest absolute Gasteiger partial charge is 0.375 e. The molecular formula is C9H16F2N2O2. The lowest BCUT2D eigenvalue weighted by Crippen LogP contribution is -2.32. The second-order valence-corrected chi connectivity index (χ2v) is 3.60. The Morgan fingerprint density at radius 1 is 1.60 bits per heavy atom. The number of hydrogen-bond acceptors (Lipinski definition) is 3. The number of halogens is 2. The summed E-state index contributed by atoms with van der Waals surface area (Å²) in [4.78, 5) is 13.1. The summed E-state index contributed by atoms with van der Waals surface area (Å²) in [6.07, 6.45) is -1.51. The minimum atomic E-state index is -2.47. The van der Waals surface area contributed by atoms with Crippen LogP contribution in [0, 0.1) is 0 Å². The number of nitrogens with two attached hydrogens (primary N) is 1. The van der Waals surface area contributed by atoms with E-state index in [9.17, 15) is 13.6 Å². The van der Waals surface area contributed by atoms with Gasteiger partial charge in [-0.05, 0) is 6.42 Å². The summed E-state index contributed by atoms with van der Waals surface area (Å²) in [5, 5.41) is 0. The minimum Gasteiger partial charge on any atom is -0.375 e. The van der Waals surface area contributed by atoms with Crippen LogP contribution in [0.1, 0.15) is 12.8 Å². The lowest BCUT2D eigenvalue weighted by Gasteiger charge is -2.15. The summed E-state index contributed by atoms with van der Waals surface area (Å²) in [7, 11) is 0. The van der Waals surface area contributed by atoms with E-state index in [1.807, 2.05) is 0 Å². The van der Waals surface area contributed by atoms with Crippen molar-refractivity contribution in [2.24, 2.45) is 5.73 Å². The molecule has 2 N–H and O–H groups in total. The number of nitrogens with zero attached hydrogens (tertiary/aromatic N) is 1. The highest BCUT2D eigenvalue weighted by Crippen LogP contribution is 2.08. The average Bonchev–Trinajstić information content (AvgIpc) is 2.59. The summed E-state index contributed by atoms with van der Waals surface area (Å²) in [6.45, 7) is 0.671. The zero-order valence-electron chi connectivity index (χ0n) is 8.49. The van der Waals surface area contributed by atoms with Gasteiger partial charge in [0.15, 0.2) is 0 Å². The van der Waals surface area contributed by atoms with Crippen LogP contribution >= 0.6 is 0 Å². The zero-order valence-corrected chi connectivity index (χ0v) is 8.49. The lowest BCUT2D eigenvalue weighted by atomic mass is 10.3. The van der Waals surface area contributed by atoms with Crippen LogP contribution in [-0.4, -0.2) is 49.6 Å². The SMILES string of the molecule is NC1CCN(C(=O)CCOCC(F)F)C1. The van der Waals surface area contributed by atoms with E-state index < -0.39 is 13.0 Å². The van der Waals surface area contributed by atoms with Gasteiger partial charge in [0.1, 0.15) is 6.61 Å². The van der Waals surface area contributed by atoms with Crippen LogP contribution in [0.4, 0.5) is 8.78 Å². The Balaban J connectivity index is 2.08. The van der Waals surface area contributed by atoms with E-state index in [0.717, 1.165) is 6.42 Å². The fourth-order valence-corrected chi connectivity index (χ4v) is 1.50. The van der Waals surface area contributed by atoms with Gasteiger partial charge in [0.25, 0.3) is 6.43 Å². The molecule has 6 heteroatoms. The van der Waals surface area contributed by atoms with Crippen molar-refractivity contribution in [3.05, 3.63) is 0 Å². The summed E-state index contributed by atoms with van der Waals surface area (Å²) in [5.41, 5.74) is 5.63. The molecule has 1 saturated heterocycles. The van der Waals surface area contributed by atoms with Gasteiger partial charge in [-0.25, -0.2) is 8.78 Å². The van der Waals surface area contributed by atoms with E-state index >= 15 is 0 Å². The lowest BCUT2D eigenvalue weighted by molar-refractivity contribution is -0.131. The molecule has 15 heavy (non-hydrogen) atoms. The van der Waals surface area contributed by atoms with Crippen LogP contribution in [0.5, 0.6) is 0 Å². The fourth-order valence-electron chi connectivity index (χ4n) is 1.50. The molecule has 0 aromatic carbocycles. The van der Waals surface area contributed by atoms with Crippen molar-refractivity contribution in [2.75, 3.05) is 26.3 Å². The molecule has 1 aliphatic heterocycles. The van der Waals surface area contributed by atoms with Crippen molar-refractivity contribution in [2.45, 2.75) is 25.3 Å². The smallest absolute Gasteiger partial charge is 0.261 e. The molecule has 1 amide bonds. The first-order valence-electron chi connectivity index (χ1n) is 4.99. The number of carbonyl (C=O) groups is 1. The highest BCUT2D eigenvalue weighted by atomic mass is 19.3. The zero-order chi connectivity index (χ0) is 11.3. The standard InChI is InChI=1S/C9H16F2N2O2/c10-8(11)6-15-4-2-9(14)13-3-1-7(12)5-13/h7-8H,1-6,12H2. The second-order valence-electron chi connectivity index (χ2n) is 3.60. The fraction of sp³-hybridized carbons (Fsp3) is 0.889. The summed E-state index contributed by atoms with van der Waals surface area (Å²) >= 11 is 0. The quantitative estimate of drug-likeness (QED) is 0.677. The average molecular weight is 222 g/mol. The molecule has 0 spiro atoms. The first-order valence-corrected chi connectivity index (χ1v) is 4.99. The van der Waals surface area contributed by atoms with Gasteiger partial charge < -0.3 is 15.4 Å². The third kappa shape index (κ3) is 4.53. The Morgan fingerprint density at radius 3 is 2.87 bits per heavy atom. The molecule has 1 atom stereocenters. The molecule has 0 aromatic rings. The normalized spacial score (nSPS) is 21.3. The van der Waals surface area contributed by atoms with Crippen molar-refractivity contribution in [3.63, 3.8) is 0 Å². The van der Waals surface area contributed by atoms with Gasteiger partial charge >= 0.3 is 0 Å². The highest BCUT2D eigenvalue weighted by molar-refractivity contribution is 5.76. The number of carbonyl (C=O) groups excluding carboxylic acids is 1. The number of amides is 1. The van der Waals surface area contributed by atoms with Crippen LogP contribution in [0.3, 0.4) is 0 Å². The highest BCUT2D eigenvalue weighted by Gasteiger charge is 2.22. The Kier molecular flexibility index (Phi) is 4.90. The molecule has 0 aliphatic carbocycles. The molecule has 0 bridgehead atoms. The third-order valence-corrected chi connectivity index (χ3v) is 2.28. The second kappa shape index (κ2) is 5.97. The maximum Gasteiger partial charge on any atom is 0.261 e. The molecule has 0 saturated carbocycles. The minimum absolute atomic E-state index is 0.0505. The number of hydrogen-bond donors (Lipinski definition) is 1. The molecule has 0 radical (unpaired) electrons. The third-order valence-electron chi connectivity index (χ3n) is 2.28. The molecular weight excluding hydrogens is 206 g/mol. The van der Waals surface area contributed by atoms with Crippen LogP contribution < -0.4 is 5.73 Å². The summed E-state index contributed by atoms with van der Waals surface area (Å²) in [5.74, 6) is -0.0720. The predicted octanol–water partition coefficient (Wildman–Crippen LogP) is 0.218. The maximum absolute atomic E-state index is 11.7. The first kappa shape index (κ1) is 12.3. The van der Waals surface area contributed by atoms with Crippen LogP contribution in [-0.2, 0) is 9.53 Å². The monoisotopic (exact) mass is 222 g/mol. The first-order chi connectivity index (χ1) is 7.09. The van der Waals surface area contributed by atoms with Crippen molar-refractivity contribution in [3.8, 4) is 0 Å². The van der Waals surface area contributed by atoms with Crippen LogP contribution in [0.15, 0.2) is 0 Å². The Labute approximate surface area is 87.4 Å². The Hall–Kier alpha value is -0.750. The van der Waals surface area contributed by atoms with Gasteiger partial charge in [0, 0.05) is 19.1 Å². The molecule has 0 aromatic heterocycles. The van der Waals surface area contributed by atoms with Gasteiger partial charge in [-0.15, -0.1) is 0 Å². The summed E-state index contributed by atoms with van der Waals surface area (Å²) < 4.78 is 28.0. The predicted molar refractivity (Wildman–Crippen MR) is 50.6 cm³/mol. The van der Waals surface area contributed by atoms with Gasteiger partial charge in [0.05, 0.1) is 13.0 Å². The van der Waals surface area contributed by atoms with E-state index in [1.54, 1.807) is 4.90 Å². The van der Waals surface area contributed by atoms with Crippen molar-refractivity contribution >= 4 is 5.91 Å². The van der Waals surface area contributed by atoms with Crippen molar-refractivity contribution in [1.82, 2.24) is 4.90 Å². The Morgan fingerprint density at radius 2 is 2.33 bits per heavy atom. The van der Waals surface area contributed by atoms with Crippen LogP contribution in [0.25, 0.3) is 0 Å². The molecule has 1 rings (SSSR count). The van der Waals surface area contributed by atoms with Crippen molar-refractivity contribution < 1.29 is 18.3 Å². The van der Waals surface area contributed by atoms with E-state index in [2.05, 4.69) is 4.74 Å². The van der Waals surface area contributed by atoms with E-state index in [0.29, 0.717) is 13.1 Å². The molecule has 1 unspecified atom stereocenters. The topological polar surface area (TPSA) is 55.6 Å². The number of rotatable bonds is 5. The summed E-state index contributed by atoms with van der Waals surface area (Å²) in [6, 6.07) is 0.0518.